The average molecular weight is 408 g/mol. The number of nitrogens with zero attached hydrogens (tertiary/aromatic N) is 2. The van der Waals surface area contributed by atoms with Gasteiger partial charge >= 0.3 is 0 Å². The largest absolute Gasteiger partial charge is 0.492 e. The number of hydrogen-bond donors (Lipinski definition) is 4. The highest BCUT2D eigenvalue weighted by atomic mass is 19.1. The van der Waals surface area contributed by atoms with Gasteiger partial charge in [0.1, 0.15) is 0 Å². The van der Waals surface area contributed by atoms with Crippen LogP contribution in [0.4, 0.5) is 21.6 Å². The topological polar surface area (TPSA) is 131 Å². The molecule has 5 N–H and O–H groups in total. The van der Waals surface area contributed by atoms with Gasteiger partial charge in [-0.25, -0.2) is 9.37 Å². The Morgan fingerprint density at radius 2 is 2.20 bits per heavy atom. The van der Waals surface area contributed by atoms with E-state index in [1.165, 1.54) is 13.2 Å². The van der Waals surface area contributed by atoms with E-state index in [0.717, 1.165) is 5.69 Å². The predicted molar refractivity (Wildman–Crippen MR) is 108 cm³/mol. The van der Waals surface area contributed by atoms with E-state index in [1.807, 2.05) is 0 Å². The van der Waals surface area contributed by atoms with E-state index in [-0.39, 0.29) is 17.5 Å². The standard InChI is InChI=1S/C20H17FN6O3/c1-29-18-10(21)3-2-4-12(18)26-15-13-11(6-8-24-20(13)28)25-14(15)9-5-7-23-16-17(9)30-27-19(16)22/h2-5,7,25-26H,6,8H2,1H3,(H2,22,27)(H,24,28). The van der Waals surface area contributed by atoms with Crippen molar-refractivity contribution in [2.75, 3.05) is 24.7 Å². The molecule has 0 bridgehead atoms. The van der Waals surface area contributed by atoms with Crippen molar-refractivity contribution in [2.24, 2.45) is 0 Å². The Labute approximate surface area is 169 Å². The molecule has 0 radical (unpaired) electrons. The first-order chi connectivity index (χ1) is 14.6. The first-order valence-corrected chi connectivity index (χ1v) is 9.21. The lowest BCUT2D eigenvalue weighted by Gasteiger charge is -2.16. The van der Waals surface area contributed by atoms with Gasteiger partial charge in [-0.2, -0.15) is 0 Å². The van der Waals surface area contributed by atoms with Crippen molar-refractivity contribution in [3.05, 3.63) is 47.5 Å². The Morgan fingerprint density at radius 3 is 3.03 bits per heavy atom. The van der Waals surface area contributed by atoms with E-state index < -0.39 is 5.82 Å². The lowest BCUT2D eigenvalue weighted by atomic mass is 10.0. The normalized spacial score (nSPS) is 13.2. The molecular weight excluding hydrogens is 391 g/mol. The maximum Gasteiger partial charge on any atom is 0.255 e. The minimum atomic E-state index is -0.521. The van der Waals surface area contributed by atoms with E-state index in [0.29, 0.717) is 52.3 Å². The number of aromatic amines is 1. The number of ether oxygens (including phenoxy) is 1. The number of pyridine rings is 1. The molecule has 5 rings (SSSR count). The molecule has 9 nitrogen and oxygen atoms in total. The van der Waals surface area contributed by atoms with Gasteiger partial charge in [-0.05, 0) is 18.2 Å². The zero-order valence-corrected chi connectivity index (χ0v) is 15.9. The molecule has 152 valence electrons. The van der Waals surface area contributed by atoms with Crippen molar-refractivity contribution in [2.45, 2.75) is 6.42 Å². The molecule has 1 amide bonds. The molecular formula is C20H17FN6O3. The first kappa shape index (κ1) is 18.0. The number of nitrogen functional groups attached to an aromatic ring is 1. The summed E-state index contributed by atoms with van der Waals surface area (Å²) in [6.07, 6.45) is 2.19. The number of carbonyl (C=O) groups excluding carboxylic acids is 1. The second-order valence-electron chi connectivity index (χ2n) is 6.78. The highest BCUT2D eigenvalue weighted by Crippen LogP contribution is 2.41. The third-order valence-corrected chi connectivity index (χ3v) is 5.05. The Hall–Kier alpha value is -4.08. The van der Waals surface area contributed by atoms with Crippen molar-refractivity contribution >= 4 is 34.2 Å². The summed E-state index contributed by atoms with van der Waals surface area (Å²) in [6.45, 7) is 0.509. The van der Waals surface area contributed by atoms with E-state index in [2.05, 4.69) is 25.8 Å². The number of halogens is 1. The quantitative estimate of drug-likeness (QED) is 0.408. The van der Waals surface area contributed by atoms with Gasteiger partial charge in [0.25, 0.3) is 5.91 Å². The van der Waals surface area contributed by atoms with Gasteiger partial charge < -0.3 is 30.6 Å². The molecule has 0 saturated heterocycles. The number of aromatic nitrogens is 3. The Kier molecular flexibility index (Phi) is 4.05. The van der Waals surface area contributed by atoms with Gasteiger partial charge in [0.15, 0.2) is 28.5 Å². The molecule has 30 heavy (non-hydrogen) atoms. The molecule has 1 aromatic carbocycles. The molecule has 1 aliphatic heterocycles. The molecule has 0 spiro atoms. The summed E-state index contributed by atoms with van der Waals surface area (Å²) in [5.74, 6) is -0.549. The molecule has 0 unspecified atom stereocenters. The number of nitrogens with two attached hydrogens (primary N) is 1. The molecule has 4 aromatic rings. The number of hydrogen-bond acceptors (Lipinski definition) is 7. The summed E-state index contributed by atoms with van der Waals surface area (Å²) >= 11 is 0. The van der Waals surface area contributed by atoms with Crippen LogP contribution in [-0.2, 0) is 6.42 Å². The third-order valence-electron chi connectivity index (χ3n) is 5.05. The van der Waals surface area contributed by atoms with Crippen LogP contribution in [0.5, 0.6) is 5.75 Å². The fourth-order valence-electron chi connectivity index (χ4n) is 3.71. The SMILES string of the molecule is COc1c(F)cccc1Nc1c(-c2ccnc3c(N)noc23)[nH]c2c1C(=O)NCC2. The summed E-state index contributed by atoms with van der Waals surface area (Å²) in [6, 6.07) is 6.26. The van der Waals surface area contributed by atoms with Gasteiger partial charge in [0.2, 0.25) is 0 Å². The fraction of sp³-hybridized carbons (Fsp3) is 0.150. The summed E-state index contributed by atoms with van der Waals surface area (Å²) in [4.78, 5) is 20.2. The zero-order valence-electron chi connectivity index (χ0n) is 15.9. The van der Waals surface area contributed by atoms with Crippen molar-refractivity contribution < 1.29 is 18.4 Å². The number of para-hydroxylation sites is 1. The number of benzene rings is 1. The number of nitrogens with one attached hydrogen (secondary N) is 3. The summed E-state index contributed by atoms with van der Waals surface area (Å²) in [7, 11) is 1.38. The van der Waals surface area contributed by atoms with Gasteiger partial charge in [0, 0.05) is 30.4 Å². The van der Waals surface area contributed by atoms with Crippen LogP contribution in [0.1, 0.15) is 16.1 Å². The van der Waals surface area contributed by atoms with Crippen LogP contribution in [0.2, 0.25) is 0 Å². The fourth-order valence-corrected chi connectivity index (χ4v) is 3.71. The maximum atomic E-state index is 14.2. The number of amides is 1. The summed E-state index contributed by atoms with van der Waals surface area (Å²) in [5.41, 5.74) is 9.87. The van der Waals surface area contributed by atoms with Gasteiger partial charge in [-0.15, -0.1) is 0 Å². The second-order valence-corrected chi connectivity index (χ2v) is 6.78. The Balaban J connectivity index is 1.75. The van der Waals surface area contributed by atoms with E-state index in [1.54, 1.807) is 24.4 Å². The first-order valence-electron chi connectivity index (χ1n) is 9.21. The third kappa shape index (κ3) is 2.65. The number of carbonyl (C=O) groups is 1. The predicted octanol–water partition coefficient (Wildman–Crippen LogP) is 2.98. The van der Waals surface area contributed by atoms with Crippen LogP contribution in [0, 0.1) is 5.82 Å². The highest BCUT2D eigenvalue weighted by molar-refractivity contribution is 6.08. The lowest BCUT2D eigenvalue weighted by Crippen LogP contribution is -2.31. The molecule has 3 aromatic heterocycles. The molecule has 1 aliphatic rings. The van der Waals surface area contributed by atoms with Crippen molar-refractivity contribution in [3.8, 4) is 17.0 Å². The minimum absolute atomic E-state index is 0.0402. The minimum Gasteiger partial charge on any atom is -0.492 e. The molecule has 0 saturated carbocycles. The van der Waals surface area contributed by atoms with Crippen molar-refractivity contribution in [3.63, 3.8) is 0 Å². The number of rotatable bonds is 4. The van der Waals surface area contributed by atoms with Crippen LogP contribution in [-0.4, -0.2) is 34.7 Å². The van der Waals surface area contributed by atoms with Crippen LogP contribution >= 0.6 is 0 Å². The number of methoxy groups -OCH3 is 1. The van der Waals surface area contributed by atoms with Crippen molar-refractivity contribution in [1.29, 1.82) is 0 Å². The van der Waals surface area contributed by atoms with Crippen LogP contribution in [0.25, 0.3) is 22.4 Å². The van der Waals surface area contributed by atoms with Crippen LogP contribution in [0.15, 0.2) is 35.0 Å². The van der Waals surface area contributed by atoms with Crippen LogP contribution < -0.4 is 21.1 Å². The summed E-state index contributed by atoms with van der Waals surface area (Å²) < 4.78 is 24.8. The Bertz CT molecular complexity index is 1300. The molecule has 0 aliphatic carbocycles. The Morgan fingerprint density at radius 1 is 1.33 bits per heavy atom. The van der Waals surface area contributed by atoms with Gasteiger partial charge in [-0.3, -0.25) is 4.79 Å². The lowest BCUT2D eigenvalue weighted by molar-refractivity contribution is 0.0947. The number of anilines is 3. The molecule has 10 heteroatoms. The zero-order chi connectivity index (χ0) is 20.8. The maximum absolute atomic E-state index is 14.2. The number of fused-ring (bicyclic) bond motifs is 2. The van der Waals surface area contributed by atoms with Crippen LogP contribution in [0.3, 0.4) is 0 Å². The van der Waals surface area contributed by atoms with Crippen molar-refractivity contribution in [1.82, 2.24) is 20.4 Å². The molecule has 0 fully saturated rings. The number of H-pyrrole nitrogens is 1. The van der Waals surface area contributed by atoms with E-state index in [4.69, 9.17) is 15.0 Å². The second kappa shape index (κ2) is 6.76. The van der Waals surface area contributed by atoms with Gasteiger partial charge in [-0.1, -0.05) is 11.2 Å². The molecule has 4 heterocycles. The summed E-state index contributed by atoms with van der Waals surface area (Å²) in [5, 5.41) is 9.80. The average Bonchev–Trinajstić information content (AvgIpc) is 3.30. The van der Waals surface area contributed by atoms with E-state index >= 15 is 0 Å². The van der Waals surface area contributed by atoms with Gasteiger partial charge in [0.05, 0.1) is 29.7 Å². The van der Waals surface area contributed by atoms with E-state index in [9.17, 15) is 9.18 Å². The molecule has 0 atom stereocenters. The monoisotopic (exact) mass is 408 g/mol. The highest BCUT2D eigenvalue weighted by Gasteiger charge is 2.29. The smallest absolute Gasteiger partial charge is 0.255 e.